The lowest BCUT2D eigenvalue weighted by atomic mass is 10.0. The maximum absolute atomic E-state index is 13.1. The summed E-state index contributed by atoms with van der Waals surface area (Å²) in [4.78, 5) is 72.8. The van der Waals surface area contributed by atoms with E-state index in [1.54, 1.807) is 0 Å². The molecule has 17 nitrogen and oxygen atoms in total. The molecule has 0 aliphatic rings. The number of unbranched alkanes of at least 4 members (excludes halogenated alkanes) is 37. The average Bonchev–Trinajstić information content (AvgIpc) is 2.89. The molecule has 0 aromatic heterocycles. The highest BCUT2D eigenvalue weighted by Crippen LogP contribution is 2.45. The van der Waals surface area contributed by atoms with Crippen LogP contribution in [0.5, 0.6) is 0 Å². The second kappa shape index (κ2) is 66.1. The van der Waals surface area contributed by atoms with Crippen molar-refractivity contribution >= 4 is 39.5 Å². The highest BCUT2D eigenvalue weighted by Gasteiger charge is 2.30. The zero-order chi connectivity index (χ0) is 70.1. The van der Waals surface area contributed by atoms with Gasteiger partial charge in [-0.25, -0.2) is 9.13 Å². The van der Waals surface area contributed by atoms with Crippen molar-refractivity contribution in [1.29, 1.82) is 0 Å². The van der Waals surface area contributed by atoms with E-state index in [1.165, 1.54) is 154 Å². The van der Waals surface area contributed by atoms with Gasteiger partial charge in [0.15, 0.2) is 12.2 Å². The number of carbonyl (C=O) groups excluding carboxylic acids is 4. The van der Waals surface area contributed by atoms with Crippen molar-refractivity contribution < 1.29 is 80.2 Å². The molecule has 0 heterocycles. The maximum Gasteiger partial charge on any atom is 0.472 e. The second-order valence-electron chi connectivity index (χ2n) is 28.1. The van der Waals surface area contributed by atoms with E-state index < -0.39 is 97.5 Å². The van der Waals surface area contributed by atoms with E-state index in [-0.39, 0.29) is 25.7 Å². The van der Waals surface area contributed by atoms with Crippen LogP contribution in [0.1, 0.15) is 363 Å². The first-order valence-corrected chi connectivity index (χ1v) is 41.7. The molecule has 5 atom stereocenters. The molecule has 0 aliphatic carbocycles. The van der Waals surface area contributed by atoms with Gasteiger partial charge < -0.3 is 33.8 Å². The van der Waals surface area contributed by atoms with Gasteiger partial charge in [0.05, 0.1) is 26.4 Å². The molecule has 3 unspecified atom stereocenters. The zero-order valence-electron chi connectivity index (χ0n) is 61.6. The minimum Gasteiger partial charge on any atom is -0.462 e. The van der Waals surface area contributed by atoms with Gasteiger partial charge >= 0.3 is 39.5 Å². The molecule has 0 amide bonds. The molecule has 0 aromatic rings. The number of aliphatic hydroxyl groups excluding tert-OH is 1. The van der Waals surface area contributed by atoms with E-state index in [2.05, 4.69) is 72.8 Å². The van der Waals surface area contributed by atoms with Crippen LogP contribution in [0.25, 0.3) is 0 Å². The summed E-state index contributed by atoms with van der Waals surface area (Å²) in [6, 6.07) is 0. The lowest BCUT2D eigenvalue weighted by Crippen LogP contribution is -2.30. The number of aliphatic hydroxyl groups is 1. The minimum absolute atomic E-state index is 0.0846. The molecule has 19 heteroatoms. The molecule has 0 rings (SSSR count). The van der Waals surface area contributed by atoms with Crippen LogP contribution in [0.2, 0.25) is 0 Å². The summed E-state index contributed by atoms with van der Waals surface area (Å²) in [5.41, 5.74) is 0. The minimum atomic E-state index is -4.97. The third kappa shape index (κ3) is 69.8. The largest absolute Gasteiger partial charge is 0.472 e. The summed E-state index contributed by atoms with van der Waals surface area (Å²) >= 11 is 0. The first-order chi connectivity index (χ1) is 45.7. The normalized spacial score (nSPS) is 14.2. The van der Waals surface area contributed by atoms with Crippen molar-refractivity contribution in [3.8, 4) is 0 Å². The fraction of sp³-hybridized carbons (Fsp3) is 0.895. The Morgan fingerprint density at radius 1 is 0.326 bits per heavy atom. The van der Waals surface area contributed by atoms with Crippen molar-refractivity contribution in [1.82, 2.24) is 0 Å². The standard InChI is InChI=1S/C76H144O17P2/c1-8-9-10-11-12-13-14-15-16-19-24-30-37-45-52-59-75(80)92-71(63-86-73(78)57-50-43-36-29-26-21-23-28-34-41-48-55-68(4)5)65-90-94(82,83)88-61-70(77)62-89-95(84,85)91-66-72(64-87-74(79)58-51-44-39-32-35-42-49-56-69(6)7)93-76(81)60-53-46-38-31-25-20-17-18-22-27-33-40-47-54-67(2)3/h13-16,67-72,77H,8-12,17-66H2,1-7H3,(H,82,83)(H,84,85)/b14-13-,16-15-/t70?,71-,72-/m1/s1. The highest BCUT2D eigenvalue weighted by molar-refractivity contribution is 7.47. The van der Waals surface area contributed by atoms with Crippen molar-refractivity contribution in [3.05, 3.63) is 24.3 Å². The van der Waals surface area contributed by atoms with Gasteiger partial charge in [0.25, 0.3) is 0 Å². The second-order valence-corrected chi connectivity index (χ2v) is 31.0. The Morgan fingerprint density at radius 3 is 0.853 bits per heavy atom. The summed E-state index contributed by atoms with van der Waals surface area (Å²) in [6.45, 7) is 11.8. The first-order valence-electron chi connectivity index (χ1n) is 38.7. The molecule has 0 radical (unpaired) electrons. The Hall–Kier alpha value is -2.46. The van der Waals surface area contributed by atoms with Crippen LogP contribution < -0.4 is 0 Å². The molecule has 0 aliphatic heterocycles. The number of allylic oxidation sites excluding steroid dienone is 4. The summed E-state index contributed by atoms with van der Waals surface area (Å²) in [5, 5.41) is 10.6. The van der Waals surface area contributed by atoms with Crippen LogP contribution in [-0.2, 0) is 65.4 Å². The van der Waals surface area contributed by atoms with Gasteiger partial charge in [-0.15, -0.1) is 0 Å². The summed E-state index contributed by atoms with van der Waals surface area (Å²) in [6.07, 6.45) is 54.9. The molecular weight excluding hydrogens is 1250 g/mol. The summed E-state index contributed by atoms with van der Waals surface area (Å²) < 4.78 is 68.5. The van der Waals surface area contributed by atoms with Crippen LogP contribution in [0.15, 0.2) is 24.3 Å². The Morgan fingerprint density at radius 2 is 0.568 bits per heavy atom. The number of hydrogen-bond acceptors (Lipinski definition) is 15. The number of phosphoric ester groups is 2. The maximum atomic E-state index is 13.1. The third-order valence-electron chi connectivity index (χ3n) is 17.0. The van der Waals surface area contributed by atoms with E-state index in [9.17, 15) is 43.2 Å². The van der Waals surface area contributed by atoms with Crippen LogP contribution >= 0.6 is 15.6 Å². The van der Waals surface area contributed by atoms with Gasteiger partial charge in [0.1, 0.15) is 19.3 Å². The summed E-state index contributed by atoms with van der Waals surface area (Å²) in [5.74, 6) is 0.108. The monoisotopic (exact) mass is 1390 g/mol. The molecule has 0 bridgehead atoms. The Labute approximate surface area is 580 Å². The highest BCUT2D eigenvalue weighted by atomic mass is 31.2. The quantitative estimate of drug-likeness (QED) is 0.0169. The number of phosphoric acid groups is 2. The fourth-order valence-electron chi connectivity index (χ4n) is 11.1. The predicted molar refractivity (Wildman–Crippen MR) is 386 cm³/mol. The lowest BCUT2D eigenvalue weighted by Gasteiger charge is -2.21. The van der Waals surface area contributed by atoms with Gasteiger partial charge in [-0.05, 0) is 69.1 Å². The Bertz CT molecular complexity index is 1950. The topological polar surface area (TPSA) is 237 Å². The van der Waals surface area contributed by atoms with Crippen LogP contribution in [0.3, 0.4) is 0 Å². The van der Waals surface area contributed by atoms with E-state index in [1.807, 2.05) is 0 Å². The van der Waals surface area contributed by atoms with Gasteiger partial charge in [-0.1, -0.05) is 310 Å². The smallest absolute Gasteiger partial charge is 0.462 e. The van der Waals surface area contributed by atoms with E-state index >= 15 is 0 Å². The third-order valence-corrected chi connectivity index (χ3v) is 18.9. The van der Waals surface area contributed by atoms with Crippen LogP contribution in [0, 0.1) is 17.8 Å². The van der Waals surface area contributed by atoms with Gasteiger partial charge in [0.2, 0.25) is 0 Å². The van der Waals surface area contributed by atoms with E-state index in [4.69, 9.17) is 37.0 Å². The molecular formula is C76H144O17P2. The number of rotatable bonds is 72. The zero-order valence-corrected chi connectivity index (χ0v) is 63.4. The van der Waals surface area contributed by atoms with Crippen LogP contribution in [0.4, 0.5) is 0 Å². The van der Waals surface area contributed by atoms with Gasteiger partial charge in [0, 0.05) is 25.7 Å². The molecule has 3 N–H and O–H groups in total. The SMILES string of the molecule is CCCCCC/C=C\C=C/CCCCCCCC(=O)O[C@H](COC(=O)CCCCCCCCCCCCCC(C)C)COP(=O)(O)OCC(O)COP(=O)(O)OC[C@@H](COC(=O)CCCCCCCCCC(C)C)OC(=O)CCCCCCCCCCCCCCCC(C)C. The van der Waals surface area contributed by atoms with E-state index in [0.29, 0.717) is 31.6 Å². The molecule has 0 aromatic carbocycles. The van der Waals surface area contributed by atoms with Crippen molar-refractivity contribution in [2.75, 3.05) is 39.6 Å². The summed E-state index contributed by atoms with van der Waals surface area (Å²) in [7, 11) is -9.93. The van der Waals surface area contributed by atoms with Crippen molar-refractivity contribution in [3.63, 3.8) is 0 Å². The van der Waals surface area contributed by atoms with Crippen molar-refractivity contribution in [2.45, 2.75) is 381 Å². The molecule has 0 saturated heterocycles. The molecule has 0 fully saturated rings. The molecule has 0 spiro atoms. The first kappa shape index (κ1) is 92.5. The Kier molecular flexibility index (Phi) is 64.4. The molecule has 0 saturated carbocycles. The molecule has 95 heavy (non-hydrogen) atoms. The van der Waals surface area contributed by atoms with Crippen molar-refractivity contribution in [2.24, 2.45) is 17.8 Å². The number of ether oxygens (including phenoxy) is 4. The van der Waals surface area contributed by atoms with Gasteiger partial charge in [-0.3, -0.25) is 37.3 Å². The number of carbonyl (C=O) groups is 4. The van der Waals surface area contributed by atoms with Crippen LogP contribution in [-0.4, -0.2) is 96.7 Å². The average molecular weight is 1390 g/mol. The molecule has 560 valence electrons. The number of esters is 4. The predicted octanol–water partition coefficient (Wildman–Crippen LogP) is 21.7. The fourth-order valence-corrected chi connectivity index (χ4v) is 12.6. The van der Waals surface area contributed by atoms with Gasteiger partial charge in [-0.2, -0.15) is 0 Å². The number of hydrogen-bond donors (Lipinski definition) is 3. The Balaban J connectivity index is 5.29. The van der Waals surface area contributed by atoms with E-state index in [0.717, 1.165) is 121 Å². The lowest BCUT2D eigenvalue weighted by molar-refractivity contribution is -0.161.